The molecule has 0 aliphatic heterocycles. The number of carbonyl (C=O) groups is 1. The molecule has 0 bridgehead atoms. The quantitative estimate of drug-likeness (QED) is 0.751. The summed E-state index contributed by atoms with van der Waals surface area (Å²) in [5.41, 5.74) is 1.35. The molecular formula is C9H14N2O2. The number of hydrogen-bond acceptors (Lipinski definition) is 2. The van der Waals surface area contributed by atoms with Gasteiger partial charge in [0.1, 0.15) is 5.69 Å². The van der Waals surface area contributed by atoms with Crippen LogP contribution in [0.4, 0.5) is 0 Å². The van der Waals surface area contributed by atoms with Gasteiger partial charge in [-0.2, -0.15) is 0 Å². The van der Waals surface area contributed by atoms with Gasteiger partial charge in [0, 0.05) is 19.8 Å². The Morgan fingerprint density at radius 3 is 2.62 bits per heavy atom. The number of carboxylic acid groups (broad SMARTS) is 1. The zero-order chi connectivity index (χ0) is 10.0. The SMILES string of the molecule is CN(C)Cc1cc(C(=O)O)n(C)c1. The van der Waals surface area contributed by atoms with Crippen molar-refractivity contribution in [2.45, 2.75) is 6.54 Å². The summed E-state index contributed by atoms with van der Waals surface area (Å²) < 4.78 is 1.63. The molecule has 0 fully saturated rings. The zero-order valence-electron chi connectivity index (χ0n) is 8.11. The van der Waals surface area contributed by atoms with Crippen molar-refractivity contribution in [2.24, 2.45) is 7.05 Å². The molecule has 13 heavy (non-hydrogen) atoms. The van der Waals surface area contributed by atoms with Gasteiger partial charge in [0.15, 0.2) is 0 Å². The van der Waals surface area contributed by atoms with Crippen LogP contribution in [0.2, 0.25) is 0 Å². The lowest BCUT2D eigenvalue weighted by atomic mass is 10.3. The van der Waals surface area contributed by atoms with Crippen LogP contribution in [-0.2, 0) is 13.6 Å². The molecule has 1 N–H and O–H groups in total. The number of nitrogens with zero attached hydrogens (tertiary/aromatic N) is 2. The van der Waals surface area contributed by atoms with Gasteiger partial charge in [-0.05, 0) is 25.7 Å². The summed E-state index contributed by atoms with van der Waals surface area (Å²) in [4.78, 5) is 12.7. The third-order valence-corrected chi connectivity index (χ3v) is 1.78. The van der Waals surface area contributed by atoms with E-state index in [0.29, 0.717) is 5.69 Å². The van der Waals surface area contributed by atoms with Crippen molar-refractivity contribution >= 4 is 5.97 Å². The lowest BCUT2D eigenvalue weighted by molar-refractivity contribution is 0.0686. The van der Waals surface area contributed by atoms with E-state index >= 15 is 0 Å². The van der Waals surface area contributed by atoms with Crippen molar-refractivity contribution in [1.82, 2.24) is 9.47 Å². The van der Waals surface area contributed by atoms with Crippen LogP contribution in [0, 0.1) is 0 Å². The third kappa shape index (κ3) is 2.32. The predicted molar refractivity (Wildman–Crippen MR) is 49.8 cm³/mol. The van der Waals surface area contributed by atoms with Crippen molar-refractivity contribution in [3.05, 3.63) is 23.5 Å². The molecule has 1 aromatic heterocycles. The molecule has 0 aliphatic carbocycles. The number of carboxylic acids is 1. The Hall–Kier alpha value is -1.29. The maximum atomic E-state index is 10.7. The van der Waals surface area contributed by atoms with Crippen LogP contribution in [0.5, 0.6) is 0 Å². The monoisotopic (exact) mass is 182 g/mol. The summed E-state index contributed by atoms with van der Waals surface area (Å²) in [6.07, 6.45) is 1.84. The molecular weight excluding hydrogens is 168 g/mol. The van der Waals surface area contributed by atoms with Gasteiger partial charge in [-0.1, -0.05) is 0 Å². The van der Waals surface area contributed by atoms with E-state index in [1.54, 1.807) is 17.7 Å². The second-order valence-electron chi connectivity index (χ2n) is 3.39. The molecule has 0 amide bonds. The lowest BCUT2D eigenvalue weighted by Gasteiger charge is -2.06. The van der Waals surface area contributed by atoms with Crippen LogP contribution >= 0.6 is 0 Å². The Balaban J connectivity index is 2.89. The molecule has 4 nitrogen and oxygen atoms in total. The minimum absolute atomic E-state index is 0.330. The fraction of sp³-hybridized carbons (Fsp3) is 0.444. The van der Waals surface area contributed by atoms with Gasteiger partial charge in [-0.15, -0.1) is 0 Å². The highest BCUT2D eigenvalue weighted by Crippen LogP contribution is 2.08. The van der Waals surface area contributed by atoms with Gasteiger partial charge in [0.2, 0.25) is 0 Å². The number of aromatic nitrogens is 1. The number of rotatable bonds is 3. The molecule has 0 aromatic carbocycles. The summed E-state index contributed by atoms with van der Waals surface area (Å²) in [6.45, 7) is 0.765. The predicted octanol–water partition coefficient (Wildman–Crippen LogP) is 0.785. The first kappa shape index (κ1) is 9.80. The smallest absolute Gasteiger partial charge is 0.352 e. The fourth-order valence-corrected chi connectivity index (χ4v) is 1.30. The van der Waals surface area contributed by atoms with Gasteiger partial charge < -0.3 is 14.6 Å². The molecule has 1 rings (SSSR count). The van der Waals surface area contributed by atoms with Crippen molar-refractivity contribution in [3.8, 4) is 0 Å². The van der Waals surface area contributed by atoms with Crippen molar-refractivity contribution in [3.63, 3.8) is 0 Å². The van der Waals surface area contributed by atoms with Gasteiger partial charge in [-0.3, -0.25) is 0 Å². The molecule has 0 aliphatic rings. The molecule has 0 spiro atoms. The Morgan fingerprint density at radius 2 is 2.23 bits per heavy atom. The van der Waals surface area contributed by atoms with Gasteiger partial charge in [0.25, 0.3) is 0 Å². The fourth-order valence-electron chi connectivity index (χ4n) is 1.30. The molecule has 0 atom stereocenters. The van der Waals surface area contributed by atoms with Crippen molar-refractivity contribution < 1.29 is 9.90 Å². The van der Waals surface area contributed by atoms with E-state index in [4.69, 9.17) is 5.11 Å². The minimum atomic E-state index is -0.882. The van der Waals surface area contributed by atoms with Crippen LogP contribution in [0.15, 0.2) is 12.3 Å². The molecule has 72 valence electrons. The Kier molecular flexibility index (Phi) is 2.72. The summed E-state index contributed by atoms with van der Waals surface area (Å²) in [5, 5.41) is 8.78. The average molecular weight is 182 g/mol. The standard InChI is InChI=1S/C9H14N2O2/c1-10(2)5-7-4-8(9(12)13)11(3)6-7/h4,6H,5H2,1-3H3,(H,12,13). The maximum absolute atomic E-state index is 10.7. The number of aryl methyl sites for hydroxylation is 1. The largest absolute Gasteiger partial charge is 0.477 e. The van der Waals surface area contributed by atoms with Gasteiger partial charge in [0.05, 0.1) is 0 Å². The van der Waals surface area contributed by atoms with Gasteiger partial charge in [-0.25, -0.2) is 4.79 Å². The van der Waals surface area contributed by atoms with Crippen molar-refractivity contribution in [2.75, 3.05) is 14.1 Å². The van der Waals surface area contributed by atoms with E-state index < -0.39 is 5.97 Å². The zero-order valence-corrected chi connectivity index (χ0v) is 8.11. The third-order valence-electron chi connectivity index (χ3n) is 1.78. The highest BCUT2D eigenvalue weighted by atomic mass is 16.4. The van der Waals surface area contributed by atoms with Crippen LogP contribution in [-0.4, -0.2) is 34.6 Å². The van der Waals surface area contributed by atoms with Crippen LogP contribution in [0.25, 0.3) is 0 Å². The van der Waals surface area contributed by atoms with Crippen LogP contribution in [0.1, 0.15) is 16.1 Å². The first-order valence-corrected chi connectivity index (χ1v) is 4.04. The molecule has 0 unspecified atom stereocenters. The van der Waals surface area contributed by atoms with E-state index in [-0.39, 0.29) is 0 Å². The van der Waals surface area contributed by atoms with E-state index in [9.17, 15) is 4.79 Å². The highest BCUT2D eigenvalue weighted by Gasteiger charge is 2.09. The number of hydrogen-bond donors (Lipinski definition) is 1. The van der Waals surface area contributed by atoms with E-state index in [2.05, 4.69) is 0 Å². The van der Waals surface area contributed by atoms with E-state index in [1.165, 1.54) is 0 Å². The Labute approximate surface area is 77.4 Å². The van der Waals surface area contributed by atoms with Gasteiger partial charge >= 0.3 is 5.97 Å². The summed E-state index contributed by atoms with van der Waals surface area (Å²) in [5.74, 6) is -0.882. The molecule has 0 saturated heterocycles. The second-order valence-corrected chi connectivity index (χ2v) is 3.39. The molecule has 4 heteroatoms. The summed E-state index contributed by atoms with van der Waals surface area (Å²) in [7, 11) is 5.64. The van der Waals surface area contributed by atoms with Crippen molar-refractivity contribution in [1.29, 1.82) is 0 Å². The average Bonchev–Trinajstić information content (AvgIpc) is 2.29. The van der Waals surface area contributed by atoms with Crippen LogP contribution in [0.3, 0.4) is 0 Å². The highest BCUT2D eigenvalue weighted by molar-refractivity contribution is 5.86. The topological polar surface area (TPSA) is 45.5 Å². The maximum Gasteiger partial charge on any atom is 0.352 e. The molecule has 0 saturated carbocycles. The minimum Gasteiger partial charge on any atom is -0.477 e. The Morgan fingerprint density at radius 1 is 1.62 bits per heavy atom. The van der Waals surface area contributed by atoms with E-state index in [0.717, 1.165) is 12.1 Å². The molecule has 1 aromatic rings. The first-order valence-electron chi connectivity index (χ1n) is 4.04. The number of aromatic carboxylic acids is 1. The second kappa shape index (κ2) is 3.62. The lowest BCUT2D eigenvalue weighted by Crippen LogP contribution is -2.09. The molecule has 1 heterocycles. The Bertz CT molecular complexity index is 315. The summed E-state index contributed by atoms with van der Waals surface area (Å²) in [6, 6.07) is 1.70. The van der Waals surface area contributed by atoms with E-state index in [1.807, 2.05) is 25.2 Å². The summed E-state index contributed by atoms with van der Waals surface area (Å²) >= 11 is 0. The van der Waals surface area contributed by atoms with Crippen LogP contribution < -0.4 is 0 Å². The normalized spacial score (nSPS) is 10.8. The first-order chi connectivity index (χ1) is 6.00. The molecule has 0 radical (unpaired) electrons.